The summed E-state index contributed by atoms with van der Waals surface area (Å²) in [6.07, 6.45) is 0.789. The van der Waals surface area contributed by atoms with E-state index in [1.807, 2.05) is 14.2 Å². The Balaban J connectivity index is -0.0000000213. The fraction of sp³-hybridized carbons (Fsp3) is 0.750. The highest BCUT2D eigenvalue weighted by molar-refractivity contribution is 6.45. The smallest absolute Gasteiger partial charge is 0.302 e. The van der Waals surface area contributed by atoms with Gasteiger partial charge in [0.25, 0.3) is 0 Å². The summed E-state index contributed by atoms with van der Waals surface area (Å²) in [6, 6.07) is 0. The Bertz CT molecular complexity index is 109. The van der Waals surface area contributed by atoms with Crippen molar-refractivity contribution in [3.8, 4) is 0 Å². The molecule has 0 unspecified atom stereocenters. The molecule has 1 radical (unpaired) electrons. The average Bonchev–Trinajstić information content (AvgIpc) is 1.63. The second kappa shape index (κ2) is 29.2. The van der Waals surface area contributed by atoms with Crippen molar-refractivity contribution in [2.45, 2.75) is 64.2 Å². The Kier molecular flexibility index (Phi) is 92.6. The Morgan fingerprint density at radius 3 is 1.67 bits per heavy atom. The first-order chi connectivity index (χ1) is 4.13. The van der Waals surface area contributed by atoms with Gasteiger partial charge in [0.1, 0.15) is 7.28 Å². The van der Waals surface area contributed by atoms with Gasteiger partial charge in [-0.3, -0.25) is 4.79 Å². The maximum absolute atomic E-state index is 9.93. The summed E-state index contributed by atoms with van der Waals surface area (Å²) in [5.74, 6) is -0.757. The highest BCUT2D eigenvalue weighted by Gasteiger charge is 1.96. The second-order valence-electron chi connectivity index (χ2n) is 1.98. The fourth-order valence-electron chi connectivity index (χ4n) is 0.442. The third kappa shape index (κ3) is 60.6. The van der Waals surface area contributed by atoms with Gasteiger partial charge in [-0.05, 0) is 0 Å². The van der Waals surface area contributed by atoms with E-state index < -0.39 is 5.97 Å². The van der Waals surface area contributed by atoms with Crippen molar-refractivity contribution in [1.82, 2.24) is 0 Å². The van der Waals surface area contributed by atoms with Crippen molar-refractivity contribution >= 4 is 13.2 Å². The van der Waals surface area contributed by atoms with E-state index >= 15 is 0 Å². The third-order valence-corrected chi connectivity index (χ3v) is 0.851. The first-order valence-corrected chi connectivity index (χ1v) is 2.83. The third-order valence-electron chi connectivity index (χ3n) is 0.851. The van der Waals surface area contributed by atoms with Gasteiger partial charge in [0.15, 0.2) is 0 Å². The highest BCUT2D eigenvalue weighted by Crippen LogP contribution is 1.93. The Morgan fingerprint density at radius 2 is 1.47 bits per heavy atom. The van der Waals surface area contributed by atoms with Crippen LogP contribution < -0.4 is 0 Å². The molecule has 0 spiro atoms. The van der Waals surface area contributed by atoms with Crippen LogP contribution in [0.2, 0.25) is 6.32 Å². The number of carboxylic acids is 1. The molecule has 97 valence electrons. The van der Waals surface area contributed by atoms with Gasteiger partial charge in [-0.1, -0.05) is 57.8 Å². The number of carboxylic acid groups (broad SMARTS) is 1. The van der Waals surface area contributed by atoms with Crippen molar-refractivity contribution in [1.29, 1.82) is 0 Å². The van der Waals surface area contributed by atoms with E-state index in [1.54, 1.807) is 0 Å². The highest BCUT2D eigenvalue weighted by atomic mass is 16.4. The standard InChI is InChI=1S/C6H10BO2.6CH4/c1-5(2)7-4-3-6(8)9;;;;;;/h1,3-4H2,2H3,(H,8,9);6*1H4. The minimum absolute atomic E-state index is 0. The molecule has 0 atom stereocenters. The maximum Gasteiger partial charge on any atom is 0.302 e. The zero-order valence-electron chi connectivity index (χ0n) is 5.55. The van der Waals surface area contributed by atoms with Gasteiger partial charge in [0, 0.05) is 6.42 Å². The number of hydrogen-bond acceptors (Lipinski definition) is 1. The molecule has 0 aromatic carbocycles. The topological polar surface area (TPSA) is 37.3 Å². The zero-order valence-corrected chi connectivity index (χ0v) is 5.55. The van der Waals surface area contributed by atoms with Crippen molar-refractivity contribution in [2.75, 3.05) is 0 Å². The number of allylic oxidation sites excluding steroid dienone is 1. The van der Waals surface area contributed by atoms with E-state index in [0.717, 1.165) is 5.47 Å². The van der Waals surface area contributed by atoms with Crippen molar-refractivity contribution in [3.63, 3.8) is 0 Å². The zero-order chi connectivity index (χ0) is 7.28. The quantitative estimate of drug-likeness (QED) is 0.683. The van der Waals surface area contributed by atoms with E-state index in [4.69, 9.17) is 5.11 Å². The summed E-state index contributed by atoms with van der Waals surface area (Å²) >= 11 is 0. The molecule has 0 aliphatic carbocycles. The molecule has 0 aliphatic rings. The molecule has 0 fully saturated rings. The molecular weight excluding hydrogens is 187 g/mol. The van der Waals surface area contributed by atoms with Crippen LogP contribution in [0.3, 0.4) is 0 Å². The maximum atomic E-state index is 9.93. The lowest BCUT2D eigenvalue weighted by molar-refractivity contribution is -0.136. The summed E-state index contributed by atoms with van der Waals surface area (Å²) < 4.78 is 0. The second-order valence-corrected chi connectivity index (χ2v) is 1.98. The molecule has 1 N–H and O–H groups in total. The molecule has 0 aliphatic heterocycles. The first kappa shape index (κ1) is 47.5. The van der Waals surface area contributed by atoms with Gasteiger partial charge in [0.05, 0.1) is 0 Å². The molecule has 0 saturated heterocycles. The van der Waals surface area contributed by atoms with Crippen LogP contribution in [0.15, 0.2) is 12.1 Å². The number of aliphatic carboxylic acids is 1. The van der Waals surface area contributed by atoms with E-state index in [2.05, 4.69) is 6.58 Å². The predicted octanol–water partition coefficient (Wildman–Crippen LogP) is 4.93. The predicted molar refractivity (Wildman–Crippen MR) is 78.0 cm³/mol. The van der Waals surface area contributed by atoms with Crippen LogP contribution in [0.4, 0.5) is 0 Å². The number of hydrogen-bond donors (Lipinski definition) is 1. The molecule has 0 bridgehead atoms. The van der Waals surface area contributed by atoms with Gasteiger partial charge >= 0.3 is 5.97 Å². The average molecular weight is 221 g/mol. The lowest BCUT2D eigenvalue weighted by Crippen LogP contribution is -1.98. The SMILES string of the molecule is C.C.C.C.C.C.C=C(C)[B]CCC(=O)O. The van der Waals surface area contributed by atoms with Crippen molar-refractivity contribution in [2.24, 2.45) is 0 Å². The molecule has 0 aromatic heterocycles. The fourth-order valence-corrected chi connectivity index (χ4v) is 0.442. The van der Waals surface area contributed by atoms with Crippen LogP contribution in [0.25, 0.3) is 0 Å². The number of rotatable bonds is 4. The lowest BCUT2D eigenvalue weighted by Gasteiger charge is -1.91. The summed E-state index contributed by atoms with van der Waals surface area (Å²) in [7, 11) is 1.81. The van der Waals surface area contributed by atoms with E-state index in [1.165, 1.54) is 0 Å². The van der Waals surface area contributed by atoms with Crippen LogP contribution in [-0.4, -0.2) is 18.4 Å². The minimum Gasteiger partial charge on any atom is -0.481 e. The molecule has 2 nitrogen and oxygen atoms in total. The molecule has 15 heavy (non-hydrogen) atoms. The molecular formula is C12H34BO2. The van der Waals surface area contributed by atoms with Gasteiger partial charge in [0.2, 0.25) is 0 Å². The molecule has 0 aromatic rings. The van der Waals surface area contributed by atoms with Crippen LogP contribution >= 0.6 is 0 Å². The van der Waals surface area contributed by atoms with Crippen LogP contribution in [0.1, 0.15) is 57.9 Å². The van der Waals surface area contributed by atoms with E-state index in [-0.39, 0.29) is 51.0 Å². The Hall–Kier alpha value is -0.725. The Morgan fingerprint density at radius 1 is 1.13 bits per heavy atom. The normalized spacial score (nSPS) is 5.13. The molecule has 0 amide bonds. The largest absolute Gasteiger partial charge is 0.481 e. The van der Waals surface area contributed by atoms with Crippen molar-refractivity contribution < 1.29 is 9.90 Å². The molecule has 0 heterocycles. The summed E-state index contributed by atoms with van der Waals surface area (Å²) in [5, 5.41) is 8.18. The molecule has 3 heteroatoms. The van der Waals surface area contributed by atoms with Gasteiger partial charge in [-0.25, -0.2) is 0 Å². The molecule has 0 rings (SSSR count). The monoisotopic (exact) mass is 221 g/mol. The lowest BCUT2D eigenvalue weighted by atomic mass is 9.67. The van der Waals surface area contributed by atoms with E-state index in [9.17, 15) is 4.79 Å². The summed E-state index contributed by atoms with van der Waals surface area (Å²) in [4.78, 5) is 9.93. The summed E-state index contributed by atoms with van der Waals surface area (Å²) in [6.45, 7) is 5.45. The van der Waals surface area contributed by atoms with Crippen LogP contribution in [-0.2, 0) is 4.79 Å². The Labute approximate surface area is 100 Å². The first-order valence-electron chi connectivity index (χ1n) is 2.83. The van der Waals surface area contributed by atoms with Gasteiger partial charge < -0.3 is 5.11 Å². The minimum atomic E-state index is -0.757. The molecule has 0 saturated carbocycles. The van der Waals surface area contributed by atoms with Crippen LogP contribution in [0, 0.1) is 0 Å². The number of carbonyl (C=O) groups is 1. The van der Waals surface area contributed by atoms with Crippen LogP contribution in [0.5, 0.6) is 0 Å². The van der Waals surface area contributed by atoms with Gasteiger partial charge in [-0.15, -0.1) is 12.1 Å². The van der Waals surface area contributed by atoms with Crippen molar-refractivity contribution in [3.05, 3.63) is 12.1 Å². The van der Waals surface area contributed by atoms with Gasteiger partial charge in [-0.2, -0.15) is 0 Å². The van der Waals surface area contributed by atoms with E-state index in [0.29, 0.717) is 6.32 Å². The summed E-state index contributed by atoms with van der Waals surface area (Å²) in [5.41, 5.74) is 0.927.